The Balaban J connectivity index is 1.60. The van der Waals surface area contributed by atoms with Crippen molar-refractivity contribution in [2.75, 3.05) is 37.8 Å². The number of methoxy groups -OCH3 is 1. The third kappa shape index (κ3) is 4.60. The number of rotatable bonds is 7. The normalized spacial score (nSPS) is 18.0. The van der Waals surface area contributed by atoms with Gasteiger partial charge in [0, 0.05) is 18.0 Å². The lowest BCUT2D eigenvalue weighted by molar-refractivity contribution is -0.129. The van der Waals surface area contributed by atoms with Gasteiger partial charge in [0.15, 0.2) is 11.5 Å². The first-order valence-corrected chi connectivity index (χ1v) is 11.9. The highest BCUT2D eigenvalue weighted by Gasteiger charge is 2.38. The Morgan fingerprint density at radius 3 is 2.52 bits per heavy atom. The second-order valence-corrected chi connectivity index (χ2v) is 8.57. The maximum absolute atomic E-state index is 13.2. The summed E-state index contributed by atoms with van der Waals surface area (Å²) in [5.74, 6) is 2.42. The summed E-state index contributed by atoms with van der Waals surface area (Å²) in [5, 5.41) is 10.8. The van der Waals surface area contributed by atoms with Crippen LogP contribution < -0.4 is 19.1 Å². The summed E-state index contributed by atoms with van der Waals surface area (Å²) < 4.78 is 16.6. The van der Waals surface area contributed by atoms with E-state index in [1.165, 1.54) is 11.8 Å². The number of anilines is 1. The zero-order chi connectivity index (χ0) is 23.4. The van der Waals surface area contributed by atoms with Crippen LogP contribution in [0.2, 0.25) is 0 Å². The Morgan fingerprint density at radius 1 is 1.09 bits per heavy atom. The van der Waals surface area contributed by atoms with Crippen molar-refractivity contribution in [2.24, 2.45) is 0 Å². The molecule has 7 nitrogen and oxygen atoms in total. The van der Waals surface area contributed by atoms with Crippen LogP contribution in [0.15, 0.2) is 53.1 Å². The third-order valence-electron chi connectivity index (χ3n) is 5.70. The van der Waals surface area contributed by atoms with Crippen molar-refractivity contribution in [2.45, 2.75) is 26.2 Å². The zero-order valence-electron chi connectivity index (χ0n) is 19.0. The largest absolute Gasteiger partial charge is 0.494 e. The number of thioether (sulfide) groups is 1. The Labute approximate surface area is 198 Å². The van der Waals surface area contributed by atoms with Crippen molar-refractivity contribution in [3.8, 4) is 23.3 Å². The van der Waals surface area contributed by atoms with E-state index in [0.29, 0.717) is 42.8 Å². The molecule has 8 heteroatoms. The molecular formula is C25H27N3O4S. The first-order chi connectivity index (χ1) is 16.1. The molecule has 2 aromatic carbocycles. The van der Waals surface area contributed by atoms with Gasteiger partial charge >= 0.3 is 0 Å². The molecule has 1 fully saturated rings. The second-order valence-electron chi connectivity index (χ2n) is 7.63. The van der Waals surface area contributed by atoms with E-state index >= 15 is 0 Å². The fourth-order valence-corrected chi connectivity index (χ4v) is 5.27. The molecule has 4 rings (SSSR count). The van der Waals surface area contributed by atoms with Crippen LogP contribution >= 0.6 is 11.8 Å². The Bertz CT molecular complexity index is 1090. The monoisotopic (exact) mass is 465 g/mol. The van der Waals surface area contributed by atoms with E-state index in [1.807, 2.05) is 56.3 Å². The van der Waals surface area contributed by atoms with Crippen LogP contribution in [-0.4, -0.2) is 43.7 Å². The van der Waals surface area contributed by atoms with Crippen LogP contribution in [0.4, 0.5) is 5.69 Å². The molecule has 0 spiro atoms. The second kappa shape index (κ2) is 10.1. The molecule has 0 saturated carbocycles. The minimum atomic E-state index is -0.303. The van der Waals surface area contributed by atoms with Gasteiger partial charge in [-0.3, -0.25) is 9.69 Å². The minimum Gasteiger partial charge on any atom is -0.494 e. The van der Waals surface area contributed by atoms with Crippen molar-refractivity contribution >= 4 is 23.4 Å². The molecule has 33 heavy (non-hydrogen) atoms. The van der Waals surface area contributed by atoms with Gasteiger partial charge in [-0.05, 0) is 55.8 Å². The lowest BCUT2D eigenvalue weighted by Crippen LogP contribution is -2.47. The number of carbonyl (C=O) groups excluding carboxylic acids is 1. The molecule has 0 aromatic heterocycles. The highest BCUT2D eigenvalue weighted by molar-refractivity contribution is 8.03. The average Bonchev–Trinajstić information content (AvgIpc) is 2.85. The highest BCUT2D eigenvalue weighted by atomic mass is 32.2. The number of amides is 1. The van der Waals surface area contributed by atoms with Crippen LogP contribution in [0.1, 0.15) is 31.7 Å². The molecule has 1 saturated heterocycles. The summed E-state index contributed by atoms with van der Waals surface area (Å²) in [6.07, 6.45) is 0.237. The number of ether oxygens (including phenoxy) is 3. The highest BCUT2D eigenvalue weighted by Crippen LogP contribution is 2.44. The third-order valence-corrected chi connectivity index (χ3v) is 6.85. The number of benzene rings is 2. The molecule has 1 amide bonds. The Kier molecular flexibility index (Phi) is 6.99. The summed E-state index contributed by atoms with van der Waals surface area (Å²) in [6.45, 7) is 5.43. The van der Waals surface area contributed by atoms with Gasteiger partial charge in [0.05, 0.1) is 49.5 Å². The van der Waals surface area contributed by atoms with Gasteiger partial charge in [0.2, 0.25) is 5.91 Å². The topological polar surface area (TPSA) is 75.0 Å². The van der Waals surface area contributed by atoms with Gasteiger partial charge in [0.1, 0.15) is 5.75 Å². The molecule has 1 atom stereocenters. The fourth-order valence-electron chi connectivity index (χ4n) is 4.11. The number of allylic oxidation sites excluding steroid dienone is 1. The standard InChI is InChI=1S/C25H27N3O4S/c1-4-31-19-9-7-18(8-10-19)27-15-28-24(29)13-20(21(14-26)25(28)33-16-27)17-6-11-22(32-5-2)23(12-17)30-3/h6-12,20H,4-5,13,15-16H2,1-3H3/t20-/m0/s1. The van der Waals surface area contributed by atoms with Crippen molar-refractivity contribution in [1.82, 2.24) is 4.90 Å². The number of hydrogen-bond donors (Lipinski definition) is 0. The van der Waals surface area contributed by atoms with Gasteiger partial charge in [-0.2, -0.15) is 5.26 Å². The summed E-state index contributed by atoms with van der Waals surface area (Å²) in [7, 11) is 1.59. The molecule has 2 aliphatic heterocycles. The van der Waals surface area contributed by atoms with Crippen molar-refractivity contribution in [3.63, 3.8) is 0 Å². The SMILES string of the molecule is CCOc1ccc(N2CSC3=C(C#N)[C@H](c4ccc(OCC)c(OC)c4)CC(=O)N3C2)cc1. The molecule has 0 aliphatic carbocycles. The van der Waals surface area contributed by atoms with Crippen LogP contribution in [0.25, 0.3) is 0 Å². The predicted octanol–water partition coefficient (Wildman–Crippen LogP) is 4.71. The lowest BCUT2D eigenvalue weighted by atomic mass is 9.86. The zero-order valence-corrected chi connectivity index (χ0v) is 19.9. The molecule has 2 aliphatic rings. The number of fused-ring (bicyclic) bond motifs is 1. The van der Waals surface area contributed by atoms with Crippen molar-refractivity contribution in [3.05, 3.63) is 58.6 Å². The first kappa shape index (κ1) is 22.9. The Morgan fingerprint density at radius 2 is 1.85 bits per heavy atom. The van der Waals surface area contributed by atoms with E-state index in [-0.39, 0.29) is 18.2 Å². The van der Waals surface area contributed by atoms with Gasteiger partial charge in [-0.1, -0.05) is 17.8 Å². The summed E-state index contributed by atoms with van der Waals surface area (Å²) in [4.78, 5) is 17.0. The quantitative estimate of drug-likeness (QED) is 0.586. The van der Waals surface area contributed by atoms with E-state index in [0.717, 1.165) is 22.0 Å². The van der Waals surface area contributed by atoms with E-state index < -0.39 is 0 Å². The van der Waals surface area contributed by atoms with Crippen molar-refractivity contribution in [1.29, 1.82) is 5.26 Å². The van der Waals surface area contributed by atoms with Crippen molar-refractivity contribution < 1.29 is 19.0 Å². The van der Waals surface area contributed by atoms with E-state index in [1.54, 1.807) is 12.0 Å². The number of hydrogen-bond acceptors (Lipinski definition) is 7. The molecule has 2 heterocycles. The minimum absolute atomic E-state index is 0.00462. The van der Waals surface area contributed by atoms with E-state index in [9.17, 15) is 10.1 Å². The van der Waals surface area contributed by atoms with Gasteiger partial charge < -0.3 is 19.1 Å². The lowest BCUT2D eigenvalue weighted by Gasteiger charge is -2.42. The number of nitrogens with zero attached hydrogens (tertiary/aromatic N) is 3. The molecule has 2 aromatic rings. The summed E-state index contributed by atoms with van der Waals surface area (Å²) in [6, 6.07) is 15.9. The molecule has 172 valence electrons. The number of nitriles is 1. The average molecular weight is 466 g/mol. The first-order valence-electron chi connectivity index (χ1n) is 11.0. The molecule has 0 bridgehead atoms. The maximum Gasteiger partial charge on any atom is 0.229 e. The number of carbonyl (C=O) groups is 1. The van der Waals surface area contributed by atoms with Crippen LogP contribution in [-0.2, 0) is 4.79 Å². The molecule has 0 N–H and O–H groups in total. The van der Waals surface area contributed by atoms with Crippen LogP contribution in [0.5, 0.6) is 17.2 Å². The summed E-state index contributed by atoms with van der Waals surface area (Å²) in [5.41, 5.74) is 2.51. The molecule has 0 unspecified atom stereocenters. The maximum atomic E-state index is 13.2. The smallest absolute Gasteiger partial charge is 0.229 e. The Hall–Kier alpha value is -3.31. The molecular weight excluding hydrogens is 438 g/mol. The predicted molar refractivity (Wildman–Crippen MR) is 128 cm³/mol. The van der Waals surface area contributed by atoms with Crippen LogP contribution in [0, 0.1) is 11.3 Å². The van der Waals surface area contributed by atoms with Gasteiger partial charge in [-0.15, -0.1) is 0 Å². The van der Waals surface area contributed by atoms with E-state index in [2.05, 4.69) is 11.0 Å². The van der Waals surface area contributed by atoms with E-state index in [4.69, 9.17) is 14.2 Å². The van der Waals surface area contributed by atoms with Crippen LogP contribution in [0.3, 0.4) is 0 Å². The molecule has 0 radical (unpaired) electrons. The van der Waals surface area contributed by atoms with Gasteiger partial charge in [0.25, 0.3) is 0 Å². The fraction of sp³-hybridized carbons (Fsp3) is 0.360. The van der Waals surface area contributed by atoms with Gasteiger partial charge in [-0.25, -0.2) is 0 Å². The summed E-state index contributed by atoms with van der Waals surface area (Å²) >= 11 is 1.52.